The van der Waals surface area contributed by atoms with Crippen LogP contribution >= 0.6 is 22.7 Å². The molecule has 3 heterocycles. The second kappa shape index (κ2) is 6.67. The molecule has 8 heteroatoms. The normalized spacial score (nSPS) is 16.2. The molecule has 1 aliphatic rings. The molecule has 1 unspecified atom stereocenters. The van der Waals surface area contributed by atoms with Crippen molar-refractivity contribution in [2.75, 3.05) is 5.32 Å². The first-order valence-electron chi connectivity index (χ1n) is 8.34. The Labute approximate surface area is 157 Å². The lowest BCUT2D eigenvalue weighted by Gasteiger charge is -2.17. The summed E-state index contributed by atoms with van der Waals surface area (Å²) in [6.45, 7) is 2.08. The third kappa shape index (κ3) is 2.93. The molecular weight excluding hydrogens is 368 g/mol. The number of hydrogen-bond acceptors (Lipinski definition) is 6. The second-order valence-corrected chi connectivity index (χ2v) is 8.53. The zero-order valence-electron chi connectivity index (χ0n) is 14.1. The second-order valence-electron chi connectivity index (χ2n) is 6.53. The maximum absolute atomic E-state index is 12.5. The number of amides is 1. The van der Waals surface area contributed by atoms with Gasteiger partial charge in [-0.15, -0.1) is 22.7 Å². The van der Waals surface area contributed by atoms with E-state index in [9.17, 15) is 14.9 Å². The van der Waals surface area contributed by atoms with Crippen molar-refractivity contribution < 1.29 is 4.79 Å². The zero-order chi connectivity index (χ0) is 18.3. The molecular formula is C18H16N4O2S2. The molecule has 132 valence electrons. The van der Waals surface area contributed by atoms with Gasteiger partial charge < -0.3 is 5.32 Å². The SMILES string of the molecule is CC1CCc2c(sc(NC(=O)Cn3cnc4sccc4c3=O)c2C#N)C1. The van der Waals surface area contributed by atoms with E-state index >= 15 is 0 Å². The maximum Gasteiger partial charge on any atom is 0.262 e. The Balaban J connectivity index is 1.58. The third-order valence-electron chi connectivity index (χ3n) is 4.64. The number of nitrogens with zero attached hydrogens (tertiary/aromatic N) is 3. The van der Waals surface area contributed by atoms with Gasteiger partial charge in [-0.2, -0.15) is 5.26 Å². The van der Waals surface area contributed by atoms with Crippen LogP contribution in [0.25, 0.3) is 10.2 Å². The molecule has 6 nitrogen and oxygen atoms in total. The lowest BCUT2D eigenvalue weighted by molar-refractivity contribution is -0.116. The molecule has 0 saturated carbocycles. The monoisotopic (exact) mass is 384 g/mol. The minimum atomic E-state index is -0.327. The van der Waals surface area contributed by atoms with Gasteiger partial charge in [0.25, 0.3) is 5.56 Å². The van der Waals surface area contributed by atoms with E-state index in [1.807, 2.05) is 0 Å². The van der Waals surface area contributed by atoms with Crippen molar-refractivity contribution in [1.29, 1.82) is 5.26 Å². The van der Waals surface area contributed by atoms with Gasteiger partial charge in [0.15, 0.2) is 0 Å². The van der Waals surface area contributed by atoms with Crippen LogP contribution in [0.1, 0.15) is 29.3 Å². The van der Waals surface area contributed by atoms with Crippen LogP contribution in [0, 0.1) is 17.2 Å². The van der Waals surface area contributed by atoms with E-state index in [0.717, 1.165) is 24.8 Å². The van der Waals surface area contributed by atoms with Gasteiger partial charge in [0, 0.05) is 4.88 Å². The molecule has 1 atom stereocenters. The van der Waals surface area contributed by atoms with E-state index in [2.05, 4.69) is 23.3 Å². The van der Waals surface area contributed by atoms with Crippen LogP contribution in [0.3, 0.4) is 0 Å². The molecule has 1 amide bonds. The molecule has 0 radical (unpaired) electrons. The highest BCUT2D eigenvalue weighted by atomic mass is 32.1. The number of carbonyl (C=O) groups excluding carboxylic acids is 1. The number of nitriles is 1. The number of fused-ring (bicyclic) bond motifs is 2. The van der Waals surface area contributed by atoms with E-state index in [0.29, 0.717) is 26.7 Å². The topological polar surface area (TPSA) is 87.8 Å². The van der Waals surface area contributed by atoms with Crippen LogP contribution in [0.2, 0.25) is 0 Å². The van der Waals surface area contributed by atoms with Crippen molar-refractivity contribution in [3.05, 3.63) is 44.1 Å². The molecule has 0 aromatic carbocycles. The summed E-state index contributed by atoms with van der Waals surface area (Å²) in [7, 11) is 0. The van der Waals surface area contributed by atoms with Gasteiger partial charge in [-0.3, -0.25) is 14.2 Å². The number of rotatable bonds is 3. The van der Waals surface area contributed by atoms with Gasteiger partial charge in [0.05, 0.1) is 17.3 Å². The van der Waals surface area contributed by atoms with E-state index in [1.54, 1.807) is 11.4 Å². The summed E-state index contributed by atoms with van der Waals surface area (Å²) in [5.41, 5.74) is 1.42. The molecule has 0 aliphatic heterocycles. The molecule has 1 aliphatic carbocycles. The number of aromatic nitrogens is 2. The van der Waals surface area contributed by atoms with Gasteiger partial charge in [-0.1, -0.05) is 6.92 Å². The van der Waals surface area contributed by atoms with Gasteiger partial charge in [-0.05, 0) is 42.2 Å². The van der Waals surface area contributed by atoms with Crippen molar-refractivity contribution in [2.24, 2.45) is 5.92 Å². The number of carbonyl (C=O) groups is 1. The van der Waals surface area contributed by atoms with E-state index < -0.39 is 0 Å². The molecule has 1 N–H and O–H groups in total. The molecule has 0 bridgehead atoms. The summed E-state index contributed by atoms with van der Waals surface area (Å²) >= 11 is 2.87. The molecule has 3 aromatic heterocycles. The first-order chi connectivity index (χ1) is 12.6. The Morgan fingerprint density at radius 3 is 3.19 bits per heavy atom. The van der Waals surface area contributed by atoms with E-state index in [-0.39, 0.29) is 18.0 Å². The molecule has 0 saturated heterocycles. The van der Waals surface area contributed by atoms with E-state index in [4.69, 9.17) is 0 Å². The van der Waals surface area contributed by atoms with Crippen LogP contribution in [-0.2, 0) is 24.2 Å². The van der Waals surface area contributed by atoms with Gasteiger partial charge in [0.2, 0.25) is 5.91 Å². The average molecular weight is 384 g/mol. The van der Waals surface area contributed by atoms with E-state index in [1.165, 1.54) is 38.4 Å². The quantitative estimate of drug-likeness (QED) is 0.751. The predicted molar refractivity (Wildman–Crippen MR) is 103 cm³/mol. The number of nitrogens with one attached hydrogen (secondary N) is 1. The third-order valence-corrected chi connectivity index (χ3v) is 6.63. The van der Waals surface area contributed by atoms with Gasteiger partial charge >= 0.3 is 0 Å². The Morgan fingerprint density at radius 1 is 1.54 bits per heavy atom. The average Bonchev–Trinajstić information content (AvgIpc) is 3.21. The lowest BCUT2D eigenvalue weighted by atomic mass is 9.89. The van der Waals surface area contributed by atoms with Crippen molar-refractivity contribution in [3.8, 4) is 6.07 Å². The number of thiophene rings is 2. The Morgan fingerprint density at radius 2 is 2.38 bits per heavy atom. The largest absolute Gasteiger partial charge is 0.315 e. The minimum absolute atomic E-state index is 0.124. The fourth-order valence-corrected chi connectivity index (χ4v) is 5.38. The summed E-state index contributed by atoms with van der Waals surface area (Å²) in [5, 5.41) is 15.2. The first-order valence-corrected chi connectivity index (χ1v) is 10.0. The fourth-order valence-electron chi connectivity index (χ4n) is 3.28. The highest BCUT2D eigenvalue weighted by Gasteiger charge is 2.24. The number of anilines is 1. The van der Waals surface area contributed by atoms with Crippen LogP contribution in [0.5, 0.6) is 0 Å². The van der Waals surface area contributed by atoms with Crippen molar-refractivity contribution in [1.82, 2.24) is 9.55 Å². The lowest BCUT2D eigenvalue weighted by Crippen LogP contribution is -2.27. The molecule has 0 fully saturated rings. The summed E-state index contributed by atoms with van der Waals surface area (Å²) in [6.07, 6.45) is 4.29. The Kier molecular flexibility index (Phi) is 4.34. The summed E-state index contributed by atoms with van der Waals surface area (Å²) in [5.74, 6) is 0.268. The zero-order valence-corrected chi connectivity index (χ0v) is 15.7. The molecule has 26 heavy (non-hydrogen) atoms. The van der Waals surface area contributed by atoms with Crippen molar-refractivity contribution in [2.45, 2.75) is 32.7 Å². The van der Waals surface area contributed by atoms with Crippen LogP contribution in [0.4, 0.5) is 5.00 Å². The highest BCUT2D eigenvalue weighted by molar-refractivity contribution is 7.17. The van der Waals surface area contributed by atoms with Gasteiger partial charge in [0.1, 0.15) is 22.4 Å². The van der Waals surface area contributed by atoms with Crippen LogP contribution < -0.4 is 10.9 Å². The van der Waals surface area contributed by atoms with Crippen molar-refractivity contribution >= 4 is 43.8 Å². The maximum atomic E-state index is 12.5. The van der Waals surface area contributed by atoms with Gasteiger partial charge in [-0.25, -0.2) is 4.98 Å². The standard InChI is InChI=1S/C18H16N4O2S2/c1-10-2-3-11-13(7-19)17(26-14(11)6-10)21-15(23)8-22-9-20-16-12(18(22)24)4-5-25-16/h4-5,9-10H,2-3,6,8H2,1H3,(H,21,23). The molecule has 3 aromatic rings. The van der Waals surface area contributed by atoms with Crippen LogP contribution in [-0.4, -0.2) is 15.5 Å². The predicted octanol–water partition coefficient (Wildman–Crippen LogP) is 3.15. The van der Waals surface area contributed by atoms with Crippen molar-refractivity contribution in [3.63, 3.8) is 0 Å². The Hall–Kier alpha value is -2.50. The highest BCUT2D eigenvalue weighted by Crippen LogP contribution is 2.39. The fraction of sp³-hybridized carbons (Fsp3) is 0.333. The minimum Gasteiger partial charge on any atom is -0.315 e. The summed E-state index contributed by atoms with van der Waals surface area (Å²) in [4.78, 5) is 30.9. The van der Waals surface area contributed by atoms with Crippen LogP contribution in [0.15, 0.2) is 22.6 Å². The number of hydrogen-bond donors (Lipinski definition) is 1. The first kappa shape index (κ1) is 16.9. The molecule has 4 rings (SSSR count). The summed E-state index contributed by atoms with van der Waals surface area (Å²) < 4.78 is 1.30. The molecule has 0 spiro atoms. The summed E-state index contributed by atoms with van der Waals surface area (Å²) in [6, 6.07) is 3.95. The smallest absolute Gasteiger partial charge is 0.262 e. The Bertz CT molecular complexity index is 1100.